The molecule has 10 atom stereocenters. The molecule has 3 aliphatic heterocycles. The zero-order valence-electron chi connectivity index (χ0n) is 39.6. The van der Waals surface area contributed by atoms with Crippen LogP contribution in [-0.2, 0) is 47.5 Å². The van der Waals surface area contributed by atoms with Crippen LogP contribution in [0.1, 0.15) is 82.9 Å². The zero-order chi connectivity index (χ0) is 51.6. The summed E-state index contributed by atoms with van der Waals surface area (Å²) in [5.41, 5.74) is -0.573. The third-order valence-electron chi connectivity index (χ3n) is 12.0. The van der Waals surface area contributed by atoms with Crippen LogP contribution in [-0.4, -0.2) is 132 Å². The quantitative estimate of drug-likeness (QED) is 0.0656. The molecular weight excluding hydrogens is 965 g/mol. The normalized spacial score (nSPS) is 24.3. The first-order valence-corrected chi connectivity index (χ1v) is 24.3. The third kappa shape index (κ3) is 12.0. The van der Waals surface area contributed by atoms with Gasteiger partial charge in [-0.2, -0.15) is 0 Å². The van der Waals surface area contributed by atoms with Crippen molar-refractivity contribution >= 4 is 59.3 Å². The SMILES string of the molecule is CCS[C@@H]1O[C@H](CO[C@@H]2O[C@H](COC(C)=O)[C@@H](OC(=O)c3ccccc3)[C@H](OC(=O)c3ccccc3)[C@H]2NC(C)=O)[C@@H](OC(=O)c2ccccc2)[C@H](OC(=O)c2ccccc2)[C@H]1N1C(=O)c2ccccc2C1=O. The third-order valence-corrected chi connectivity index (χ3v) is 13.0. The smallest absolute Gasteiger partial charge is 0.338 e. The molecule has 5 aromatic rings. The molecule has 3 aliphatic rings. The number of fused-ring (bicyclic) bond motifs is 1. The molecule has 0 bridgehead atoms. The Morgan fingerprint density at radius 2 is 0.932 bits per heavy atom. The molecule has 0 unspecified atom stereocenters. The summed E-state index contributed by atoms with van der Waals surface area (Å²) in [6.45, 7) is 2.95. The number of nitrogens with zero attached hydrogens (tertiary/aromatic N) is 1. The van der Waals surface area contributed by atoms with E-state index in [0.717, 1.165) is 11.8 Å². The Labute approximate surface area is 423 Å². The highest BCUT2D eigenvalue weighted by Gasteiger charge is 2.58. The number of amides is 3. The Kier molecular flexibility index (Phi) is 16.7. The van der Waals surface area contributed by atoms with Crippen LogP contribution in [0.5, 0.6) is 0 Å². The van der Waals surface area contributed by atoms with E-state index in [2.05, 4.69) is 5.32 Å². The first-order chi connectivity index (χ1) is 35.3. The molecule has 5 aromatic carbocycles. The predicted molar refractivity (Wildman–Crippen MR) is 259 cm³/mol. The summed E-state index contributed by atoms with van der Waals surface area (Å²) in [5, 5.41) is 2.72. The summed E-state index contributed by atoms with van der Waals surface area (Å²) in [5.74, 6) is -6.00. The Balaban J connectivity index is 1.20. The minimum Gasteiger partial charge on any atom is -0.463 e. The van der Waals surface area contributed by atoms with Crippen molar-refractivity contribution in [2.45, 2.75) is 81.2 Å². The molecular formula is C54H50N2O16S. The van der Waals surface area contributed by atoms with E-state index in [0.29, 0.717) is 5.75 Å². The van der Waals surface area contributed by atoms with Gasteiger partial charge in [0.15, 0.2) is 30.7 Å². The van der Waals surface area contributed by atoms with Gasteiger partial charge < -0.3 is 43.2 Å². The number of benzene rings is 5. The van der Waals surface area contributed by atoms with Crippen molar-refractivity contribution in [1.29, 1.82) is 0 Å². The second-order valence-corrected chi connectivity index (χ2v) is 18.2. The monoisotopic (exact) mass is 1010 g/mol. The van der Waals surface area contributed by atoms with Gasteiger partial charge in [0.25, 0.3) is 11.8 Å². The summed E-state index contributed by atoms with van der Waals surface area (Å²) in [6.07, 6.45) is -11.0. The van der Waals surface area contributed by atoms with Crippen LogP contribution >= 0.6 is 11.8 Å². The molecule has 0 saturated carbocycles. The van der Waals surface area contributed by atoms with Crippen molar-refractivity contribution in [2.75, 3.05) is 19.0 Å². The van der Waals surface area contributed by atoms with E-state index in [1.54, 1.807) is 91.9 Å². The zero-order valence-corrected chi connectivity index (χ0v) is 40.5. The Hall–Kier alpha value is -7.71. The highest BCUT2D eigenvalue weighted by molar-refractivity contribution is 7.99. The second kappa shape index (κ2) is 23.7. The van der Waals surface area contributed by atoms with Crippen LogP contribution in [0, 0.1) is 0 Å². The van der Waals surface area contributed by atoms with E-state index in [1.807, 2.05) is 0 Å². The maximum atomic E-state index is 14.4. The molecule has 3 amide bonds. The van der Waals surface area contributed by atoms with E-state index in [4.69, 9.17) is 37.9 Å². The van der Waals surface area contributed by atoms with Gasteiger partial charge >= 0.3 is 29.8 Å². The fourth-order valence-corrected chi connectivity index (χ4v) is 9.68. The van der Waals surface area contributed by atoms with Crippen molar-refractivity contribution in [3.05, 3.63) is 179 Å². The number of thioether (sulfide) groups is 1. The number of imide groups is 1. The predicted octanol–water partition coefficient (Wildman–Crippen LogP) is 5.84. The van der Waals surface area contributed by atoms with Crippen LogP contribution in [0.3, 0.4) is 0 Å². The van der Waals surface area contributed by atoms with E-state index >= 15 is 0 Å². The van der Waals surface area contributed by atoms with Gasteiger partial charge in [-0.05, 0) is 66.4 Å². The first-order valence-electron chi connectivity index (χ1n) is 23.3. The molecule has 0 spiro atoms. The fourth-order valence-electron chi connectivity index (χ4n) is 8.66. The van der Waals surface area contributed by atoms with Gasteiger partial charge in [0.2, 0.25) is 5.91 Å². The van der Waals surface area contributed by atoms with Gasteiger partial charge in [0, 0.05) is 13.8 Å². The van der Waals surface area contributed by atoms with Gasteiger partial charge in [-0.3, -0.25) is 24.1 Å². The van der Waals surface area contributed by atoms with Crippen LogP contribution in [0.2, 0.25) is 0 Å². The van der Waals surface area contributed by atoms with Crippen LogP contribution < -0.4 is 5.32 Å². The van der Waals surface area contributed by atoms with E-state index < -0.39 is 121 Å². The molecule has 0 aromatic heterocycles. The summed E-state index contributed by atoms with van der Waals surface area (Å²) in [4.78, 5) is 111. The average Bonchev–Trinajstić information content (AvgIpc) is 3.65. The number of esters is 5. The molecule has 8 rings (SSSR count). The van der Waals surface area contributed by atoms with Crippen LogP contribution in [0.4, 0.5) is 0 Å². The molecule has 3 heterocycles. The van der Waals surface area contributed by atoms with Crippen LogP contribution in [0.25, 0.3) is 0 Å². The summed E-state index contributed by atoms with van der Waals surface area (Å²) < 4.78 is 49.9. The molecule has 378 valence electrons. The van der Waals surface area contributed by atoms with Gasteiger partial charge in [0.05, 0.1) is 40.0 Å². The minimum absolute atomic E-state index is 0.0893. The van der Waals surface area contributed by atoms with Gasteiger partial charge in [0.1, 0.15) is 36.3 Å². The highest BCUT2D eigenvalue weighted by Crippen LogP contribution is 2.40. The van der Waals surface area contributed by atoms with Crippen molar-refractivity contribution in [2.24, 2.45) is 0 Å². The minimum atomic E-state index is -1.66. The molecule has 1 N–H and O–H groups in total. The molecule has 2 saturated heterocycles. The molecule has 2 fully saturated rings. The van der Waals surface area contributed by atoms with Gasteiger partial charge in [-0.25, -0.2) is 19.2 Å². The summed E-state index contributed by atoms with van der Waals surface area (Å²) in [6, 6.07) is 34.9. The second-order valence-electron chi connectivity index (χ2n) is 16.9. The maximum absolute atomic E-state index is 14.4. The van der Waals surface area contributed by atoms with E-state index in [9.17, 15) is 38.4 Å². The number of nitrogens with one attached hydrogen (secondary N) is 1. The van der Waals surface area contributed by atoms with Gasteiger partial charge in [-0.1, -0.05) is 91.9 Å². The van der Waals surface area contributed by atoms with Gasteiger partial charge in [-0.15, -0.1) is 11.8 Å². The van der Waals surface area contributed by atoms with E-state index in [-0.39, 0.29) is 33.4 Å². The number of ether oxygens (including phenoxy) is 8. The lowest BCUT2D eigenvalue weighted by atomic mass is 9.94. The summed E-state index contributed by atoms with van der Waals surface area (Å²) >= 11 is 1.17. The lowest BCUT2D eigenvalue weighted by Gasteiger charge is -2.48. The van der Waals surface area contributed by atoms with Crippen molar-refractivity contribution < 1.29 is 76.3 Å². The van der Waals surface area contributed by atoms with E-state index in [1.165, 1.54) is 79.3 Å². The Morgan fingerprint density at radius 1 is 0.534 bits per heavy atom. The molecule has 73 heavy (non-hydrogen) atoms. The number of rotatable bonds is 17. The molecule has 0 aliphatic carbocycles. The van der Waals surface area contributed by atoms with Crippen molar-refractivity contribution in [3.63, 3.8) is 0 Å². The first kappa shape index (κ1) is 51.6. The van der Waals surface area contributed by atoms with Crippen molar-refractivity contribution in [3.8, 4) is 0 Å². The lowest BCUT2D eigenvalue weighted by molar-refractivity contribution is -0.283. The number of carbonyl (C=O) groups is 8. The molecule has 19 heteroatoms. The maximum Gasteiger partial charge on any atom is 0.338 e. The summed E-state index contributed by atoms with van der Waals surface area (Å²) in [7, 11) is 0. The largest absolute Gasteiger partial charge is 0.463 e. The number of carbonyl (C=O) groups excluding carboxylic acids is 8. The fraction of sp³-hybridized carbons (Fsp3) is 0.296. The van der Waals surface area contributed by atoms with Crippen molar-refractivity contribution in [1.82, 2.24) is 10.2 Å². The lowest BCUT2D eigenvalue weighted by Crippen LogP contribution is -2.68. The topological polar surface area (TPSA) is 226 Å². The number of hydrogen-bond acceptors (Lipinski definition) is 17. The van der Waals surface area contributed by atoms with Crippen LogP contribution in [0.15, 0.2) is 146 Å². The highest BCUT2D eigenvalue weighted by atomic mass is 32.2. The standard InChI is InChI=1S/C54H50N2O16S/c1-4-73-54-42(56-47(59)37-27-17-18-28-38(37)48(56)60)46(72-52(64)36-25-15-8-16-26-36)44(70-50(62)34-21-11-6-12-22-34)40(68-54)30-66-53-41(55-31(2)57)45(71-51(63)35-23-13-7-14-24-35)43(39(67-53)29-65-32(3)58)69-49(61)33-19-9-5-10-20-33/h5-28,39-46,53-54H,4,29-30H2,1-3H3,(H,55,57)/t39-,40-,41-,42-,43-,44-,45-,46-,53-,54+/m1/s1. The molecule has 18 nitrogen and oxygen atoms in total. The Bertz CT molecular complexity index is 2770. The average molecular weight is 1020 g/mol. The number of hydrogen-bond donors (Lipinski definition) is 1. The molecule has 0 radical (unpaired) electrons. The Morgan fingerprint density at radius 3 is 1.36 bits per heavy atom.